The average Bonchev–Trinajstić information content (AvgIpc) is 2.49. The van der Waals surface area contributed by atoms with Crippen molar-refractivity contribution in [3.8, 4) is 0 Å². The Morgan fingerprint density at radius 2 is 2.10 bits per heavy atom. The summed E-state index contributed by atoms with van der Waals surface area (Å²) in [5.41, 5.74) is 1.46. The van der Waals surface area contributed by atoms with Crippen LogP contribution >= 0.6 is 0 Å². The molecule has 0 bridgehead atoms. The van der Waals surface area contributed by atoms with Crippen LogP contribution in [0.4, 0.5) is 11.4 Å². The monoisotopic (exact) mass is 285 g/mol. The quantitative estimate of drug-likeness (QED) is 0.680. The van der Waals surface area contributed by atoms with Crippen LogP contribution in [-0.4, -0.2) is 15.9 Å². The number of nitrogens with one attached hydrogen (secondary N) is 1. The van der Waals surface area contributed by atoms with Crippen LogP contribution in [0.1, 0.15) is 32.6 Å². The zero-order chi connectivity index (χ0) is 14.8. The van der Waals surface area contributed by atoms with E-state index in [0.717, 1.165) is 17.5 Å². The molecule has 2 aromatic rings. The third-order valence-corrected chi connectivity index (χ3v) is 4.40. The number of rotatable bonds is 3. The molecule has 1 aliphatic rings. The third kappa shape index (κ3) is 2.68. The van der Waals surface area contributed by atoms with Crippen molar-refractivity contribution in [3.05, 3.63) is 40.6 Å². The molecule has 1 heterocycles. The number of hydrogen-bond acceptors (Lipinski definition) is 4. The van der Waals surface area contributed by atoms with E-state index >= 15 is 0 Å². The number of aromatic nitrogens is 1. The van der Waals surface area contributed by atoms with Crippen LogP contribution < -0.4 is 5.32 Å². The van der Waals surface area contributed by atoms with E-state index in [1.807, 2.05) is 18.2 Å². The lowest BCUT2D eigenvalue weighted by Gasteiger charge is -2.30. The first-order chi connectivity index (χ1) is 10.2. The fourth-order valence-corrected chi connectivity index (χ4v) is 3.16. The highest BCUT2D eigenvalue weighted by Crippen LogP contribution is 2.33. The lowest BCUT2D eigenvalue weighted by molar-refractivity contribution is -0.383. The first kappa shape index (κ1) is 13.8. The van der Waals surface area contributed by atoms with Crippen molar-refractivity contribution in [1.29, 1.82) is 0 Å². The Bertz CT molecular complexity index is 672. The summed E-state index contributed by atoms with van der Waals surface area (Å²) in [7, 11) is 0. The van der Waals surface area contributed by atoms with Crippen LogP contribution in [0.5, 0.6) is 0 Å². The molecule has 2 unspecified atom stereocenters. The molecule has 1 aromatic carbocycles. The van der Waals surface area contributed by atoms with Gasteiger partial charge in [0.2, 0.25) is 0 Å². The zero-order valence-electron chi connectivity index (χ0n) is 12.1. The molecule has 3 rings (SSSR count). The average molecular weight is 285 g/mol. The van der Waals surface area contributed by atoms with Gasteiger partial charge in [0.25, 0.3) is 5.69 Å². The Hall–Kier alpha value is -2.17. The van der Waals surface area contributed by atoms with Crippen molar-refractivity contribution in [2.24, 2.45) is 5.92 Å². The minimum Gasteiger partial charge on any atom is -0.381 e. The summed E-state index contributed by atoms with van der Waals surface area (Å²) in [6.45, 7) is 2.27. The van der Waals surface area contributed by atoms with Crippen molar-refractivity contribution < 1.29 is 4.92 Å². The molecule has 1 fully saturated rings. The molecule has 0 spiro atoms. The maximum Gasteiger partial charge on any atom is 0.295 e. The number of nitro groups is 1. The van der Waals surface area contributed by atoms with Gasteiger partial charge in [-0.25, -0.2) is 4.98 Å². The van der Waals surface area contributed by atoms with E-state index in [0.29, 0.717) is 17.5 Å². The second-order valence-corrected chi connectivity index (χ2v) is 5.80. The van der Waals surface area contributed by atoms with E-state index in [-0.39, 0.29) is 10.6 Å². The predicted molar refractivity (Wildman–Crippen MR) is 83.4 cm³/mol. The Kier molecular flexibility index (Phi) is 3.73. The first-order valence-corrected chi connectivity index (χ1v) is 7.45. The molecule has 0 amide bonds. The molecule has 0 aliphatic heterocycles. The Morgan fingerprint density at radius 3 is 2.86 bits per heavy atom. The molecule has 1 N–H and O–H groups in total. The standard InChI is InChI=1S/C16H19N3O2/c1-11-5-2-3-7-13(11)18-14-8-9-15(19(20)21)16-12(14)6-4-10-17-16/h4,6,8-11,13,18H,2-3,5,7H2,1H3. The SMILES string of the molecule is CC1CCCCC1Nc1ccc([N+](=O)[O-])c2ncccc12. The highest BCUT2D eigenvalue weighted by molar-refractivity contribution is 5.97. The number of nitrogens with zero attached hydrogens (tertiary/aromatic N) is 2. The predicted octanol–water partition coefficient (Wildman–Crippen LogP) is 4.13. The smallest absolute Gasteiger partial charge is 0.295 e. The van der Waals surface area contributed by atoms with E-state index in [9.17, 15) is 10.1 Å². The number of anilines is 1. The van der Waals surface area contributed by atoms with Gasteiger partial charge in [-0.05, 0) is 37.0 Å². The van der Waals surface area contributed by atoms with Crippen LogP contribution in [-0.2, 0) is 0 Å². The minimum absolute atomic E-state index is 0.0628. The normalized spacial score (nSPS) is 22.1. The number of non-ortho nitro benzene ring substituents is 1. The van der Waals surface area contributed by atoms with Crippen LogP contribution in [0.2, 0.25) is 0 Å². The molecule has 1 aliphatic carbocycles. The van der Waals surface area contributed by atoms with E-state index in [1.54, 1.807) is 12.3 Å². The van der Waals surface area contributed by atoms with E-state index < -0.39 is 0 Å². The molecule has 2 atom stereocenters. The second-order valence-electron chi connectivity index (χ2n) is 5.80. The van der Waals surface area contributed by atoms with E-state index in [2.05, 4.69) is 17.2 Å². The van der Waals surface area contributed by atoms with Gasteiger partial charge in [0, 0.05) is 29.4 Å². The highest BCUT2D eigenvalue weighted by atomic mass is 16.6. The summed E-state index contributed by atoms with van der Waals surface area (Å²) < 4.78 is 0. The number of fused-ring (bicyclic) bond motifs is 1. The van der Waals surface area contributed by atoms with Gasteiger partial charge in [-0.3, -0.25) is 10.1 Å². The molecular formula is C16H19N3O2. The Labute approximate surface area is 123 Å². The molecule has 1 aromatic heterocycles. The van der Waals surface area contributed by atoms with Crippen LogP contribution in [0.25, 0.3) is 10.9 Å². The summed E-state index contributed by atoms with van der Waals surface area (Å²) in [4.78, 5) is 14.9. The van der Waals surface area contributed by atoms with Crippen LogP contribution in [0.15, 0.2) is 30.5 Å². The summed E-state index contributed by atoms with van der Waals surface area (Å²) in [5, 5.41) is 15.5. The van der Waals surface area contributed by atoms with E-state index in [1.165, 1.54) is 19.3 Å². The van der Waals surface area contributed by atoms with Gasteiger partial charge in [-0.15, -0.1) is 0 Å². The number of benzene rings is 1. The number of hydrogen-bond donors (Lipinski definition) is 1. The summed E-state index contributed by atoms with van der Waals surface area (Å²) in [5.74, 6) is 0.626. The van der Waals surface area contributed by atoms with Crippen molar-refractivity contribution >= 4 is 22.3 Å². The number of nitro benzene ring substituents is 1. The van der Waals surface area contributed by atoms with Gasteiger partial charge < -0.3 is 5.32 Å². The molecule has 0 radical (unpaired) electrons. The minimum atomic E-state index is -0.373. The largest absolute Gasteiger partial charge is 0.381 e. The summed E-state index contributed by atoms with van der Waals surface area (Å²) in [6.07, 6.45) is 6.52. The maximum atomic E-state index is 11.1. The topological polar surface area (TPSA) is 68.1 Å². The fourth-order valence-electron chi connectivity index (χ4n) is 3.16. The Morgan fingerprint density at radius 1 is 1.29 bits per heavy atom. The second kappa shape index (κ2) is 5.68. The third-order valence-electron chi connectivity index (χ3n) is 4.40. The fraction of sp³-hybridized carbons (Fsp3) is 0.438. The van der Waals surface area contributed by atoms with Crippen LogP contribution in [0, 0.1) is 16.0 Å². The van der Waals surface area contributed by atoms with Crippen molar-refractivity contribution in [3.63, 3.8) is 0 Å². The molecule has 110 valence electrons. The van der Waals surface area contributed by atoms with Crippen molar-refractivity contribution in [1.82, 2.24) is 4.98 Å². The molecular weight excluding hydrogens is 266 g/mol. The molecule has 0 saturated heterocycles. The van der Waals surface area contributed by atoms with Gasteiger partial charge in [-0.2, -0.15) is 0 Å². The first-order valence-electron chi connectivity index (χ1n) is 7.45. The number of pyridine rings is 1. The highest BCUT2D eigenvalue weighted by Gasteiger charge is 2.23. The molecule has 5 nitrogen and oxygen atoms in total. The summed E-state index contributed by atoms with van der Waals surface area (Å²) in [6, 6.07) is 7.50. The Balaban J connectivity index is 1.99. The van der Waals surface area contributed by atoms with Gasteiger partial charge in [0.1, 0.15) is 5.52 Å². The molecule has 1 saturated carbocycles. The lowest BCUT2D eigenvalue weighted by atomic mass is 9.85. The van der Waals surface area contributed by atoms with Crippen molar-refractivity contribution in [2.45, 2.75) is 38.6 Å². The zero-order valence-corrected chi connectivity index (χ0v) is 12.1. The van der Waals surface area contributed by atoms with Gasteiger partial charge in [0.15, 0.2) is 0 Å². The summed E-state index contributed by atoms with van der Waals surface area (Å²) >= 11 is 0. The molecule has 5 heteroatoms. The van der Waals surface area contributed by atoms with Gasteiger partial charge >= 0.3 is 0 Å². The van der Waals surface area contributed by atoms with Gasteiger partial charge in [0.05, 0.1) is 4.92 Å². The molecule has 21 heavy (non-hydrogen) atoms. The lowest BCUT2D eigenvalue weighted by Crippen LogP contribution is -2.30. The van der Waals surface area contributed by atoms with E-state index in [4.69, 9.17) is 0 Å². The van der Waals surface area contributed by atoms with Crippen molar-refractivity contribution in [2.75, 3.05) is 5.32 Å². The van der Waals surface area contributed by atoms with Crippen LogP contribution in [0.3, 0.4) is 0 Å². The van der Waals surface area contributed by atoms with Gasteiger partial charge in [-0.1, -0.05) is 19.8 Å². The maximum absolute atomic E-state index is 11.1.